The van der Waals surface area contributed by atoms with Crippen LogP contribution in [0.5, 0.6) is 0 Å². The Morgan fingerprint density at radius 1 is 1.29 bits per heavy atom. The Morgan fingerprint density at radius 2 is 2.06 bits per heavy atom. The third-order valence-electron chi connectivity index (χ3n) is 2.97. The highest BCUT2D eigenvalue weighted by Gasteiger charge is 2.19. The summed E-state index contributed by atoms with van der Waals surface area (Å²) in [5.74, 6) is 0.832. The van der Waals surface area contributed by atoms with E-state index in [-0.39, 0.29) is 0 Å². The summed E-state index contributed by atoms with van der Waals surface area (Å²) in [7, 11) is 0. The molecule has 0 aliphatic heterocycles. The first-order valence-corrected chi connectivity index (χ1v) is 6.84. The molecule has 1 aliphatic carbocycles. The fourth-order valence-corrected chi connectivity index (χ4v) is 2.55. The van der Waals surface area contributed by atoms with Gasteiger partial charge in [0.25, 0.3) is 0 Å². The van der Waals surface area contributed by atoms with E-state index in [0.717, 1.165) is 29.5 Å². The summed E-state index contributed by atoms with van der Waals surface area (Å²) >= 11 is 1.70. The third kappa shape index (κ3) is 2.53. The van der Waals surface area contributed by atoms with Gasteiger partial charge in [-0.1, -0.05) is 0 Å². The lowest BCUT2D eigenvalue weighted by Gasteiger charge is -2.03. The maximum Gasteiger partial charge on any atom is 0.160 e. The smallest absolute Gasteiger partial charge is 0.160 e. The zero-order valence-electron chi connectivity index (χ0n) is 9.81. The first kappa shape index (κ1) is 10.9. The molecule has 0 aromatic carbocycles. The minimum Gasteiger partial charge on any atom is -0.310 e. The van der Waals surface area contributed by atoms with Gasteiger partial charge in [0.1, 0.15) is 0 Å². The van der Waals surface area contributed by atoms with Crippen molar-refractivity contribution in [2.75, 3.05) is 0 Å². The summed E-state index contributed by atoms with van der Waals surface area (Å²) in [6.07, 6.45) is 6.48. The van der Waals surface area contributed by atoms with Crippen molar-refractivity contribution in [3.8, 4) is 11.4 Å². The number of hydrogen-bond donors (Lipinski definition) is 1. The summed E-state index contributed by atoms with van der Waals surface area (Å²) in [6, 6.07) is 0.730. The Balaban J connectivity index is 1.72. The van der Waals surface area contributed by atoms with E-state index < -0.39 is 0 Å². The zero-order chi connectivity index (χ0) is 11.7. The molecule has 0 spiro atoms. The van der Waals surface area contributed by atoms with Crippen LogP contribution in [0.4, 0.5) is 0 Å². The van der Waals surface area contributed by atoms with Crippen molar-refractivity contribution in [1.29, 1.82) is 0 Å². The number of rotatable bonds is 4. The van der Waals surface area contributed by atoms with E-state index in [1.54, 1.807) is 11.3 Å². The summed E-state index contributed by atoms with van der Waals surface area (Å²) in [5, 5.41) is 7.69. The average Bonchev–Trinajstić information content (AvgIpc) is 3.09. The number of aryl methyl sites for hydroxylation is 1. The highest BCUT2D eigenvalue weighted by atomic mass is 32.1. The van der Waals surface area contributed by atoms with Gasteiger partial charge in [0.2, 0.25) is 0 Å². The van der Waals surface area contributed by atoms with Crippen LogP contribution in [0, 0.1) is 6.92 Å². The topological polar surface area (TPSA) is 37.8 Å². The first-order valence-electron chi connectivity index (χ1n) is 5.90. The van der Waals surface area contributed by atoms with Gasteiger partial charge >= 0.3 is 0 Å². The van der Waals surface area contributed by atoms with Gasteiger partial charge in [0.15, 0.2) is 5.82 Å². The molecule has 3 rings (SSSR count). The van der Waals surface area contributed by atoms with Crippen molar-refractivity contribution in [3.63, 3.8) is 0 Å². The van der Waals surface area contributed by atoms with Crippen molar-refractivity contribution in [2.24, 2.45) is 0 Å². The highest BCUT2D eigenvalue weighted by molar-refractivity contribution is 7.08. The molecule has 0 bridgehead atoms. The van der Waals surface area contributed by atoms with Crippen LogP contribution >= 0.6 is 11.3 Å². The van der Waals surface area contributed by atoms with Gasteiger partial charge < -0.3 is 5.32 Å². The van der Waals surface area contributed by atoms with E-state index in [0.29, 0.717) is 0 Å². The quantitative estimate of drug-likeness (QED) is 0.900. The van der Waals surface area contributed by atoms with Gasteiger partial charge in [-0.05, 0) is 30.7 Å². The number of hydrogen-bond acceptors (Lipinski definition) is 4. The van der Waals surface area contributed by atoms with Crippen molar-refractivity contribution in [3.05, 3.63) is 34.3 Å². The van der Waals surface area contributed by atoms with Crippen molar-refractivity contribution in [2.45, 2.75) is 32.4 Å². The summed E-state index contributed by atoms with van der Waals surface area (Å²) in [5.41, 5.74) is 3.56. The zero-order valence-corrected chi connectivity index (χ0v) is 10.6. The summed E-state index contributed by atoms with van der Waals surface area (Å²) in [6.45, 7) is 2.98. The van der Waals surface area contributed by atoms with E-state index in [1.165, 1.54) is 18.4 Å². The number of nitrogens with one attached hydrogen (secondary N) is 1. The van der Waals surface area contributed by atoms with Gasteiger partial charge in [-0.15, -0.1) is 0 Å². The van der Waals surface area contributed by atoms with Crippen LogP contribution in [0.1, 0.15) is 24.0 Å². The summed E-state index contributed by atoms with van der Waals surface area (Å²) < 4.78 is 0. The molecule has 0 amide bonds. The molecule has 1 aliphatic rings. The normalized spacial score (nSPS) is 15.1. The van der Waals surface area contributed by atoms with Crippen LogP contribution in [0.3, 0.4) is 0 Å². The number of nitrogens with zero attached hydrogens (tertiary/aromatic N) is 2. The van der Waals surface area contributed by atoms with Gasteiger partial charge in [0.05, 0.1) is 0 Å². The maximum absolute atomic E-state index is 4.44. The fraction of sp³-hybridized carbons (Fsp3) is 0.385. The maximum atomic E-state index is 4.44. The lowest BCUT2D eigenvalue weighted by atomic mass is 10.2. The van der Waals surface area contributed by atoms with Crippen molar-refractivity contribution >= 4 is 11.3 Å². The Morgan fingerprint density at radius 3 is 2.65 bits per heavy atom. The second-order valence-electron chi connectivity index (χ2n) is 4.54. The lowest BCUT2D eigenvalue weighted by molar-refractivity contribution is 0.683. The van der Waals surface area contributed by atoms with E-state index in [4.69, 9.17) is 0 Å². The molecular formula is C13H15N3S. The van der Waals surface area contributed by atoms with Gasteiger partial charge in [0, 0.05) is 41.5 Å². The van der Waals surface area contributed by atoms with Crippen LogP contribution in [0.15, 0.2) is 23.2 Å². The van der Waals surface area contributed by atoms with E-state index in [2.05, 4.69) is 33.0 Å². The Labute approximate surface area is 105 Å². The van der Waals surface area contributed by atoms with Gasteiger partial charge in [-0.25, -0.2) is 9.97 Å². The van der Waals surface area contributed by atoms with E-state index in [9.17, 15) is 0 Å². The molecular weight excluding hydrogens is 230 g/mol. The fourth-order valence-electron chi connectivity index (χ4n) is 1.72. The first-order chi connectivity index (χ1) is 8.33. The molecule has 0 saturated heterocycles. The summed E-state index contributed by atoms with van der Waals surface area (Å²) in [4.78, 5) is 8.87. The SMILES string of the molecule is Cc1cscc1-c1ncc(CNC2CC2)cn1. The highest BCUT2D eigenvalue weighted by Crippen LogP contribution is 2.23. The molecule has 0 atom stereocenters. The standard InChI is InChI=1S/C13H15N3S/c1-9-7-17-8-12(9)13-15-5-10(6-16-13)4-14-11-2-3-11/h5-8,11,14H,2-4H2,1H3. The van der Waals surface area contributed by atoms with Crippen LogP contribution in [-0.2, 0) is 6.54 Å². The molecule has 0 radical (unpaired) electrons. The molecule has 4 heteroatoms. The largest absolute Gasteiger partial charge is 0.310 e. The third-order valence-corrected chi connectivity index (χ3v) is 3.84. The molecule has 1 fully saturated rings. The molecule has 2 aromatic heterocycles. The Hall–Kier alpha value is -1.26. The molecule has 2 heterocycles. The Bertz CT molecular complexity index is 500. The molecule has 88 valence electrons. The molecule has 17 heavy (non-hydrogen) atoms. The Kier molecular flexibility index (Phi) is 2.91. The van der Waals surface area contributed by atoms with Crippen molar-refractivity contribution < 1.29 is 0 Å². The lowest BCUT2D eigenvalue weighted by Crippen LogP contribution is -2.15. The average molecular weight is 245 g/mol. The number of aromatic nitrogens is 2. The number of thiophene rings is 1. The van der Waals surface area contributed by atoms with Crippen molar-refractivity contribution in [1.82, 2.24) is 15.3 Å². The van der Waals surface area contributed by atoms with E-state index in [1.807, 2.05) is 12.4 Å². The second kappa shape index (κ2) is 4.55. The molecule has 0 unspecified atom stereocenters. The predicted octanol–water partition coefficient (Wildman–Crippen LogP) is 2.77. The van der Waals surface area contributed by atoms with Crippen LogP contribution in [0.25, 0.3) is 11.4 Å². The molecule has 1 saturated carbocycles. The van der Waals surface area contributed by atoms with Crippen LogP contribution in [-0.4, -0.2) is 16.0 Å². The van der Waals surface area contributed by atoms with Gasteiger partial charge in [-0.2, -0.15) is 11.3 Å². The molecule has 3 nitrogen and oxygen atoms in total. The monoisotopic (exact) mass is 245 g/mol. The van der Waals surface area contributed by atoms with Crippen LogP contribution < -0.4 is 5.32 Å². The minimum absolute atomic E-state index is 0.730. The molecule has 1 N–H and O–H groups in total. The predicted molar refractivity (Wildman–Crippen MR) is 69.9 cm³/mol. The van der Waals surface area contributed by atoms with E-state index >= 15 is 0 Å². The van der Waals surface area contributed by atoms with Crippen LogP contribution in [0.2, 0.25) is 0 Å². The molecule has 2 aromatic rings. The van der Waals surface area contributed by atoms with Gasteiger partial charge in [-0.3, -0.25) is 0 Å². The second-order valence-corrected chi connectivity index (χ2v) is 5.28. The minimum atomic E-state index is 0.730.